The lowest BCUT2D eigenvalue weighted by Gasteiger charge is -2.45. The zero-order chi connectivity index (χ0) is 24.3. The lowest BCUT2D eigenvalue weighted by molar-refractivity contribution is -0.154. The topological polar surface area (TPSA) is 81.7 Å². The minimum atomic E-state index is -1.37. The Morgan fingerprint density at radius 2 is 1.91 bits per heavy atom. The van der Waals surface area contributed by atoms with E-state index in [0.29, 0.717) is 16.2 Å². The molecule has 182 valence electrons. The third kappa shape index (κ3) is 4.40. The van der Waals surface area contributed by atoms with Crippen molar-refractivity contribution < 1.29 is 23.9 Å². The van der Waals surface area contributed by atoms with Crippen LogP contribution in [0.1, 0.15) is 44.6 Å². The minimum absolute atomic E-state index is 0.0808. The molecule has 4 rings (SSSR count). The van der Waals surface area contributed by atoms with E-state index in [2.05, 4.69) is 5.32 Å². The summed E-state index contributed by atoms with van der Waals surface area (Å²) in [5.41, 5.74) is 0.0883. The lowest BCUT2D eigenvalue weighted by Crippen LogP contribution is -2.61. The summed E-state index contributed by atoms with van der Waals surface area (Å²) in [7, 11) is 0. The molecule has 2 fully saturated rings. The Morgan fingerprint density at radius 3 is 2.59 bits per heavy atom. The Labute approximate surface area is 213 Å². The highest BCUT2D eigenvalue weighted by molar-refractivity contribution is 8.25. The molecule has 0 radical (unpaired) electrons. The Balaban J connectivity index is 1.88. The summed E-state index contributed by atoms with van der Waals surface area (Å²) < 4.78 is 12.0. The van der Waals surface area contributed by atoms with Gasteiger partial charge in [-0.15, -0.1) is 23.5 Å². The van der Waals surface area contributed by atoms with Crippen molar-refractivity contribution in [3.05, 3.63) is 56.4 Å². The second-order valence-corrected chi connectivity index (χ2v) is 11.2. The fourth-order valence-electron chi connectivity index (χ4n) is 4.86. The molecule has 3 atom stereocenters. The first-order valence-electron chi connectivity index (χ1n) is 11.5. The van der Waals surface area contributed by atoms with Crippen LogP contribution in [-0.4, -0.2) is 48.0 Å². The van der Waals surface area contributed by atoms with E-state index in [1.54, 1.807) is 48.8 Å². The smallest absolute Gasteiger partial charge is 0.336 e. The molecule has 1 aromatic rings. The van der Waals surface area contributed by atoms with E-state index in [9.17, 15) is 14.4 Å². The van der Waals surface area contributed by atoms with Crippen LogP contribution in [0.4, 0.5) is 0 Å². The number of fused-ring (bicyclic) bond motifs is 1. The monoisotopic (exact) mass is 521 g/mol. The number of ether oxygens (including phenoxy) is 2. The maximum Gasteiger partial charge on any atom is 0.336 e. The van der Waals surface area contributed by atoms with Crippen molar-refractivity contribution in [1.29, 1.82) is 0 Å². The number of benzene rings is 1. The number of carbonyl (C=O) groups excluding carboxylic acids is 3. The number of unbranched alkanes of at least 4 members (excludes halogenated alkanes) is 1. The van der Waals surface area contributed by atoms with E-state index in [1.807, 2.05) is 19.1 Å². The Morgan fingerprint density at radius 1 is 1.18 bits per heavy atom. The van der Waals surface area contributed by atoms with Crippen LogP contribution in [0.2, 0.25) is 5.02 Å². The van der Waals surface area contributed by atoms with Crippen LogP contribution in [-0.2, 0) is 23.9 Å². The lowest BCUT2D eigenvalue weighted by atomic mass is 9.61. The molecule has 1 aromatic carbocycles. The molecule has 0 amide bonds. The SMILES string of the molecule is CCCCOC(=O)C1=CN[C@]2(C(=O)OCC)[C@H]1C(=C1SCCS1)C(=O)C[C@@H]2c1ccccc1Cl. The molecule has 0 unspecified atom stereocenters. The van der Waals surface area contributed by atoms with Gasteiger partial charge in [0.1, 0.15) is 0 Å². The van der Waals surface area contributed by atoms with Crippen molar-refractivity contribution in [3.63, 3.8) is 0 Å². The molecular formula is C25H28ClNO5S2. The fraction of sp³-hybridized carbons (Fsp3) is 0.480. The molecule has 34 heavy (non-hydrogen) atoms. The summed E-state index contributed by atoms with van der Waals surface area (Å²) in [5, 5.41) is 3.69. The van der Waals surface area contributed by atoms with Crippen LogP contribution in [0, 0.1) is 5.92 Å². The Bertz CT molecular complexity index is 1050. The van der Waals surface area contributed by atoms with Gasteiger partial charge < -0.3 is 14.8 Å². The van der Waals surface area contributed by atoms with Crippen LogP contribution >= 0.6 is 35.1 Å². The summed E-state index contributed by atoms with van der Waals surface area (Å²) in [6.07, 6.45) is 3.25. The molecule has 1 aliphatic carbocycles. The molecule has 1 saturated carbocycles. The quantitative estimate of drug-likeness (QED) is 0.310. The summed E-state index contributed by atoms with van der Waals surface area (Å²) in [6.45, 7) is 4.21. The first kappa shape index (κ1) is 25.2. The maximum absolute atomic E-state index is 13.7. The van der Waals surface area contributed by atoms with E-state index >= 15 is 0 Å². The van der Waals surface area contributed by atoms with Gasteiger partial charge >= 0.3 is 11.9 Å². The van der Waals surface area contributed by atoms with Crippen LogP contribution in [0.15, 0.2) is 45.8 Å². The van der Waals surface area contributed by atoms with Crippen LogP contribution in [0.25, 0.3) is 0 Å². The molecule has 0 spiro atoms. The average molecular weight is 522 g/mol. The number of nitrogens with one attached hydrogen (secondary N) is 1. The van der Waals surface area contributed by atoms with Crippen molar-refractivity contribution in [2.75, 3.05) is 24.7 Å². The van der Waals surface area contributed by atoms with Gasteiger partial charge in [-0.2, -0.15) is 0 Å². The van der Waals surface area contributed by atoms with E-state index in [1.165, 1.54) is 0 Å². The molecule has 1 N–H and O–H groups in total. The number of Topliss-reactive ketones (excluding diaryl/α,β-unsaturated/α-hetero) is 1. The highest BCUT2D eigenvalue weighted by atomic mass is 35.5. The van der Waals surface area contributed by atoms with E-state index in [0.717, 1.165) is 28.6 Å². The molecule has 1 saturated heterocycles. The second kappa shape index (κ2) is 10.8. The first-order valence-corrected chi connectivity index (χ1v) is 13.9. The number of hydrogen-bond acceptors (Lipinski definition) is 8. The zero-order valence-corrected chi connectivity index (χ0v) is 21.6. The molecule has 6 nitrogen and oxygen atoms in total. The van der Waals surface area contributed by atoms with Crippen molar-refractivity contribution in [1.82, 2.24) is 5.32 Å². The van der Waals surface area contributed by atoms with Gasteiger partial charge in [0, 0.05) is 44.9 Å². The second-order valence-electron chi connectivity index (χ2n) is 8.36. The highest BCUT2D eigenvalue weighted by Gasteiger charge is 2.64. The molecule has 2 aliphatic heterocycles. The molecule has 9 heteroatoms. The first-order chi connectivity index (χ1) is 16.5. The Kier molecular flexibility index (Phi) is 8.00. The third-order valence-corrected chi connectivity index (χ3v) is 9.48. The molecular weight excluding hydrogens is 494 g/mol. The van der Waals surface area contributed by atoms with Gasteiger partial charge in [-0.3, -0.25) is 4.79 Å². The van der Waals surface area contributed by atoms with E-state index in [-0.39, 0.29) is 31.0 Å². The van der Waals surface area contributed by atoms with Gasteiger partial charge in [0.25, 0.3) is 0 Å². The minimum Gasteiger partial charge on any atom is -0.464 e. The summed E-state index contributed by atoms with van der Waals surface area (Å²) >= 11 is 9.76. The van der Waals surface area contributed by atoms with Gasteiger partial charge in [0.15, 0.2) is 11.3 Å². The molecule has 0 aromatic heterocycles. The molecule has 0 bridgehead atoms. The predicted octanol–water partition coefficient (Wildman–Crippen LogP) is 4.84. The van der Waals surface area contributed by atoms with Gasteiger partial charge in [-0.25, -0.2) is 9.59 Å². The van der Waals surface area contributed by atoms with E-state index in [4.69, 9.17) is 21.1 Å². The normalized spacial score (nSPS) is 26.1. The Hall–Kier alpha value is -1.90. The number of hydrogen-bond donors (Lipinski definition) is 1. The molecule has 3 aliphatic rings. The van der Waals surface area contributed by atoms with Crippen LogP contribution in [0.3, 0.4) is 0 Å². The maximum atomic E-state index is 13.7. The number of thioether (sulfide) groups is 2. The highest BCUT2D eigenvalue weighted by Crippen LogP contribution is 2.56. The summed E-state index contributed by atoms with van der Waals surface area (Å²) in [6, 6.07) is 7.21. The average Bonchev–Trinajstić information content (AvgIpc) is 3.49. The van der Waals surface area contributed by atoms with Gasteiger partial charge in [0.2, 0.25) is 0 Å². The zero-order valence-electron chi connectivity index (χ0n) is 19.2. The summed E-state index contributed by atoms with van der Waals surface area (Å²) in [4.78, 5) is 40.6. The fourth-order valence-corrected chi connectivity index (χ4v) is 7.77. The number of halogens is 1. The van der Waals surface area contributed by atoms with Crippen molar-refractivity contribution >= 4 is 52.8 Å². The van der Waals surface area contributed by atoms with Crippen LogP contribution < -0.4 is 5.32 Å². The van der Waals surface area contributed by atoms with E-state index < -0.39 is 29.3 Å². The van der Waals surface area contributed by atoms with Gasteiger partial charge in [0.05, 0.1) is 24.7 Å². The van der Waals surface area contributed by atoms with Crippen molar-refractivity contribution in [2.45, 2.75) is 44.6 Å². The summed E-state index contributed by atoms with van der Waals surface area (Å²) in [5.74, 6) is -0.796. The number of esters is 2. The van der Waals surface area contributed by atoms with Crippen molar-refractivity contribution in [2.24, 2.45) is 5.92 Å². The number of rotatable bonds is 7. The van der Waals surface area contributed by atoms with Gasteiger partial charge in [-0.05, 0) is 25.0 Å². The molecule has 2 heterocycles. The van der Waals surface area contributed by atoms with Crippen molar-refractivity contribution in [3.8, 4) is 0 Å². The third-order valence-electron chi connectivity index (χ3n) is 6.39. The standard InChI is InChI=1S/C25H28ClNO5S2/c1-3-5-10-32-22(29)16-14-27-25(24(30)31-4-2)17(15-8-6-7-9-18(15)26)13-19(28)20(21(16)25)23-33-11-12-34-23/h6-9,14,17,21,27H,3-5,10-13H2,1-2H3/t17-,21-,25+/m1/s1. The number of carbonyl (C=O) groups is 3. The van der Waals surface area contributed by atoms with Gasteiger partial charge in [-0.1, -0.05) is 43.1 Å². The predicted molar refractivity (Wildman–Crippen MR) is 136 cm³/mol. The van der Waals surface area contributed by atoms with Crippen LogP contribution in [0.5, 0.6) is 0 Å². The largest absolute Gasteiger partial charge is 0.464 e. The number of ketones is 1.